The number of aliphatic hydroxyl groups excluding tert-OH is 1. The van der Waals surface area contributed by atoms with Gasteiger partial charge in [0.15, 0.2) is 0 Å². The molecule has 0 aliphatic heterocycles. The fraction of sp³-hybridized carbons (Fsp3) is 0.143. The Hall–Kier alpha value is -1.81. The molecule has 0 fully saturated rings. The molecule has 0 unspecified atom stereocenters. The number of hydrogen-bond acceptors (Lipinski definition) is 4. The van der Waals surface area contributed by atoms with Crippen LogP contribution in [-0.4, -0.2) is 20.1 Å². The van der Waals surface area contributed by atoms with Gasteiger partial charge < -0.3 is 5.11 Å². The van der Waals surface area contributed by atoms with Crippen molar-refractivity contribution in [2.75, 3.05) is 11.3 Å². The lowest BCUT2D eigenvalue weighted by Crippen LogP contribution is -2.12. The predicted octanol–water partition coefficient (Wildman–Crippen LogP) is 2.20. The first-order chi connectivity index (χ1) is 9.53. The number of aryl methyl sites for hydroxylation is 1. The summed E-state index contributed by atoms with van der Waals surface area (Å²) < 4.78 is 27.3. The van der Waals surface area contributed by atoms with E-state index in [4.69, 9.17) is 5.11 Å². The third-order valence-electron chi connectivity index (χ3n) is 2.45. The molecule has 0 aliphatic carbocycles. The summed E-state index contributed by atoms with van der Waals surface area (Å²) in [5.74, 6) is 5.23. The topological polar surface area (TPSA) is 66.4 Å². The smallest absolute Gasteiger partial charge is 0.271 e. The largest absolute Gasteiger partial charge is 0.384 e. The predicted molar refractivity (Wildman–Crippen MR) is 80.3 cm³/mol. The number of benzene rings is 1. The van der Waals surface area contributed by atoms with Crippen LogP contribution < -0.4 is 4.72 Å². The highest BCUT2D eigenvalue weighted by molar-refractivity contribution is 7.94. The lowest BCUT2D eigenvalue weighted by Gasteiger charge is -2.08. The second-order valence-corrected chi connectivity index (χ2v) is 7.17. The number of hydrogen-bond donors (Lipinski definition) is 2. The van der Waals surface area contributed by atoms with Gasteiger partial charge in [-0.05, 0) is 31.2 Å². The minimum Gasteiger partial charge on any atom is -0.384 e. The average Bonchev–Trinajstić information content (AvgIpc) is 2.85. The minimum absolute atomic E-state index is 0.264. The van der Waals surface area contributed by atoms with E-state index in [2.05, 4.69) is 16.6 Å². The summed E-state index contributed by atoms with van der Waals surface area (Å²) in [6, 6.07) is 10.1. The molecule has 20 heavy (non-hydrogen) atoms. The third kappa shape index (κ3) is 3.39. The maximum Gasteiger partial charge on any atom is 0.271 e. The Morgan fingerprint density at radius 2 is 2.00 bits per heavy atom. The van der Waals surface area contributed by atoms with E-state index in [1.165, 1.54) is 11.3 Å². The molecule has 0 aliphatic rings. The number of aliphatic hydroxyl groups is 1. The van der Waals surface area contributed by atoms with E-state index >= 15 is 0 Å². The summed E-state index contributed by atoms with van der Waals surface area (Å²) in [6.07, 6.45) is 0. The Morgan fingerprint density at radius 3 is 2.65 bits per heavy atom. The second kappa shape index (κ2) is 6.09. The summed E-state index contributed by atoms with van der Waals surface area (Å²) in [4.78, 5) is 0.929. The third-order valence-corrected chi connectivity index (χ3v) is 5.31. The van der Waals surface area contributed by atoms with Crippen LogP contribution in [0.1, 0.15) is 10.4 Å². The maximum atomic E-state index is 12.2. The Bertz CT molecular complexity index is 767. The number of nitrogens with one attached hydrogen (secondary N) is 1. The molecule has 2 aromatic rings. The van der Waals surface area contributed by atoms with Gasteiger partial charge in [-0.25, -0.2) is 8.42 Å². The Morgan fingerprint density at radius 1 is 1.25 bits per heavy atom. The number of anilines is 1. The van der Waals surface area contributed by atoms with Crippen LogP contribution in [0.4, 0.5) is 5.69 Å². The minimum atomic E-state index is -3.60. The SMILES string of the molecule is Cc1ccc(S(=O)(=O)Nc2ccccc2C#CCO)s1. The van der Waals surface area contributed by atoms with Crippen molar-refractivity contribution in [3.8, 4) is 11.8 Å². The van der Waals surface area contributed by atoms with Gasteiger partial charge in [-0.1, -0.05) is 24.0 Å². The highest BCUT2D eigenvalue weighted by Gasteiger charge is 2.17. The van der Waals surface area contributed by atoms with Gasteiger partial charge in [0.2, 0.25) is 0 Å². The van der Waals surface area contributed by atoms with Gasteiger partial charge in [-0.15, -0.1) is 11.3 Å². The molecule has 0 radical (unpaired) electrons. The second-order valence-electron chi connectivity index (χ2n) is 3.98. The number of para-hydroxylation sites is 1. The van der Waals surface area contributed by atoms with E-state index in [1.807, 2.05) is 6.92 Å². The molecular formula is C14H13NO3S2. The van der Waals surface area contributed by atoms with E-state index in [-0.39, 0.29) is 10.8 Å². The Kier molecular flexibility index (Phi) is 4.45. The van der Waals surface area contributed by atoms with Gasteiger partial charge in [0, 0.05) is 10.4 Å². The Balaban J connectivity index is 2.35. The van der Waals surface area contributed by atoms with E-state index in [1.54, 1.807) is 36.4 Å². The average molecular weight is 307 g/mol. The van der Waals surface area contributed by atoms with Crippen molar-refractivity contribution in [2.45, 2.75) is 11.1 Å². The van der Waals surface area contributed by atoms with E-state index in [9.17, 15) is 8.42 Å². The molecule has 1 aromatic carbocycles. The van der Waals surface area contributed by atoms with Gasteiger partial charge >= 0.3 is 0 Å². The fourth-order valence-electron chi connectivity index (χ4n) is 1.57. The molecule has 6 heteroatoms. The normalized spacial score (nSPS) is 10.7. The zero-order chi connectivity index (χ0) is 14.6. The van der Waals surface area contributed by atoms with Crippen molar-refractivity contribution in [3.63, 3.8) is 0 Å². The van der Waals surface area contributed by atoms with Gasteiger partial charge in [-0.2, -0.15) is 0 Å². The molecule has 0 amide bonds. The fourth-order valence-corrected chi connectivity index (χ4v) is 3.93. The van der Waals surface area contributed by atoms with E-state index in [0.717, 1.165) is 4.88 Å². The summed E-state index contributed by atoms with van der Waals surface area (Å²) in [7, 11) is -3.60. The molecule has 0 atom stereocenters. The lowest BCUT2D eigenvalue weighted by molar-refractivity contribution is 0.350. The van der Waals surface area contributed by atoms with Crippen LogP contribution in [0.3, 0.4) is 0 Å². The van der Waals surface area contributed by atoms with Crippen LogP contribution in [0.2, 0.25) is 0 Å². The van der Waals surface area contributed by atoms with Crippen LogP contribution in [0.5, 0.6) is 0 Å². The first kappa shape index (κ1) is 14.6. The molecule has 104 valence electrons. The lowest BCUT2D eigenvalue weighted by atomic mass is 10.2. The van der Waals surface area contributed by atoms with Gasteiger partial charge in [0.1, 0.15) is 10.8 Å². The molecule has 2 rings (SSSR count). The summed E-state index contributed by atoms with van der Waals surface area (Å²) in [5, 5.41) is 8.72. The van der Waals surface area contributed by atoms with Gasteiger partial charge in [-0.3, -0.25) is 4.72 Å². The van der Waals surface area contributed by atoms with Crippen LogP contribution in [-0.2, 0) is 10.0 Å². The summed E-state index contributed by atoms with van der Waals surface area (Å²) >= 11 is 1.21. The molecular weight excluding hydrogens is 294 g/mol. The summed E-state index contributed by atoms with van der Waals surface area (Å²) in [5.41, 5.74) is 0.929. The Labute approximate surface area is 122 Å². The van der Waals surface area contributed by atoms with Crippen LogP contribution >= 0.6 is 11.3 Å². The van der Waals surface area contributed by atoms with Gasteiger partial charge in [0.05, 0.1) is 5.69 Å². The van der Waals surface area contributed by atoms with E-state index < -0.39 is 10.0 Å². The van der Waals surface area contributed by atoms with Crippen molar-refractivity contribution >= 4 is 27.0 Å². The molecule has 1 heterocycles. The quantitative estimate of drug-likeness (QED) is 0.854. The first-order valence-corrected chi connectivity index (χ1v) is 8.11. The van der Waals surface area contributed by atoms with Gasteiger partial charge in [0.25, 0.3) is 10.0 Å². The van der Waals surface area contributed by atoms with E-state index in [0.29, 0.717) is 11.3 Å². The molecule has 0 saturated heterocycles. The molecule has 4 nitrogen and oxygen atoms in total. The standard InChI is InChI=1S/C14H13NO3S2/c1-11-8-9-14(19-11)20(17,18)15-13-7-3-2-5-12(13)6-4-10-16/h2-3,5,7-9,15-16H,10H2,1H3. The van der Waals surface area contributed by atoms with Crippen LogP contribution in [0, 0.1) is 18.8 Å². The van der Waals surface area contributed by atoms with Crippen molar-refractivity contribution in [1.29, 1.82) is 0 Å². The zero-order valence-electron chi connectivity index (χ0n) is 10.8. The number of rotatable bonds is 3. The molecule has 0 bridgehead atoms. The maximum absolute atomic E-state index is 12.2. The van der Waals surface area contributed by atoms with Crippen LogP contribution in [0.25, 0.3) is 0 Å². The highest BCUT2D eigenvalue weighted by Crippen LogP contribution is 2.24. The van der Waals surface area contributed by atoms with Crippen molar-refractivity contribution < 1.29 is 13.5 Å². The summed E-state index contributed by atoms with van der Waals surface area (Å²) in [6.45, 7) is 1.58. The molecule has 2 N–H and O–H groups in total. The van der Waals surface area contributed by atoms with Crippen molar-refractivity contribution in [2.24, 2.45) is 0 Å². The van der Waals surface area contributed by atoms with Crippen LogP contribution in [0.15, 0.2) is 40.6 Å². The highest BCUT2D eigenvalue weighted by atomic mass is 32.2. The molecule has 0 saturated carbocycles. The molecule has 1 aromatic heterocycles. The first-order valence-electron chi connectivity index (χ1n) is 5.81. The number of thiophene rings is 1. The zero-order valence-corrected chi connectivity index (χ0v) is 12.4. The van der Waals surface area contributed by atoms with Crippen molar-refractivity contribution in [3.05, 3.63) is 46.8 Å². The number of sulfonamides is 1. The monoisotopic (exact) mass is 307 g/mol. The van der Waals surface area contributed by atoms with Crippen molar-refractivity contribution in [1.82, 2.24) is 0 Å². The molecule has 0 spiro atoms.